The van der Waals surface area contributed by atoms with E-state index in [1.165, 1.54) is 0 Å². The highest BCUT2D eigenvalue weighted by Gasteiger charge is 2.11. The Balaban J connectivity index is 2.05. The van der Waals surface area contributed by atoms with Gasteiger partial charge in [-0.3, -0.25) is 0 Å². The molecule has 0 aliphatic carbocycles. The second-order valence-electron chi connectivity index (χ2n) is 4.98. The molecule has 0 saturated heterocycles. The van der Waals surface area contributed by atoms with Gasteiger partial charge in [0.25, 0.3) is 0 Å². The van der Waals surface area contributed by atoms with Gasteiger partial charge in [0.1, 0.15) is 11.3 Å². The number of carbonyl (C=O) groups is 1. The minimum atomic E-state index is -1.19. The van der Waals surface area contributed by atoms with Gasteiger partial charge in [0.15, 0.2) is 5.58 Å². The van der Waals surface area contributed by atoms with Gasteiger partial charge in [-0.25, -0.2) is 4.98 Å². The standard InChI is InChI=1S/C18H15NO4/c1-22-14-6-4-5-12(10-14)9-13(11-17(20)21)18-19-15-7-2-3-8-16(15)23-18/h2-10H,11H2,1H3,(H,20,21)/p-1/b13-9+. The summed E-state index contributed by atoms with van der Waals surface area (Å²) in [6.45, 7) is 0. The first-order valence-corrected chi connectivity index (χ1v) is 7.06. The monoisotopic (exact) mass is 308 g/mol. The highest BCUT2D eigenvalue weighted by molar-refractivity contribution is 5.90. The summed E-state index contributed by atoms with van der Waals surface area (Å²) >= 11 is 0. The van der Waals surface area contributed by atoms with Crippen LogP contribution >= 0.6 is 0 Å². The second kappa shape index (κ2) is 6.36. The third-order valence-corrected chi connectivity index (χ3v) is 3.34. The van der Waals surface area contributed by atoms with Gasteiger partial charge in [-0.05, 0) is 35.9 Å². The van der Waals surface area contributed by atoms with Gasteiger partial charge in [-0.1, -0.05) is 24.3 Å². The van der Waals surface area contributed by atoms with Crippen LogP contribution in [-0.2, 0) is 4.79 Å². The van der Waals surface area contributed by atoms with Crippen molar-refractivity contribution in [2.75, 3.05) is 7.11 Å². The fourth-order valence-corrected chi connectivity index (χ4v) is 2.29. The molecule has 0 unspecified atom stereocenters. The minimum absolute atomic E-state index is 0.276. The lowest BCUT2D eigenvalue weighted by atomic mass is 10.1. The van der Waals surface area contributed by atoms with Crippen molar-refractivity contribution in [1.29, 1.82) is 0 Å². The molecule has 23 heavy (non-hydrogen) atoms. The van der Waals surface area contributed by atoms with E-state index in [0.717, 1.165) is 5.56 Å². The quantitative estimate of drug-likeness (QED) is 0.724. The zero-order valence-corrected chi connectivity index (χ0v) is 12.5. The third kappa shape index (κ3) is 3.40. The van der Waals surface area contributed by atoms with Crippen molar-refractivity contribution in [3.8, 4) is 5.75 Å². The number of oxazole rings is 1. The third-order valence-electron chi connectivity index (χ3n) is 3.34. The molecular weight excluding hydrogens is 294 g/mol. The number of carboxylic acid groups (broad SMARTS) is 1. The van der Waals surface area contributed by atoms with E-state index in [4.69, 9.17) is 9.15 Å². The Morgan fingerprint density at radius 1 is 1.26 bits per heavy atom. The summed E-state index contributed by atoms with van der Waals surface area (Å²) in [5.41, 5.74) is 2.52. The number of rotatable bonds is 5. The van der Waals surface area contributed by atoms with Gasteiger partial charge in [0.2, 0.25) is 5.89 Å². The van der Waals surface area contributed by atoms with E-state index in [2.05, 4.69) is 4.98 Å². The fourth-order valence-electron chi connectivity index (χ4n) is 2.29. The van der Waals surface area contributed by atoms with Crippen molar-refractivity contribution in [3.63, 3.8) is 0 Å². The molecule has 0 aliphatic heterocycles. The summed E-state index contributed by atoms with van der Waals surface area (Å²) in [5.74, 6) is -0.233. The largest absolute Gasteiger partial charge is 0.550 e. The molecule has 0 amide bonds. The molecule has 0 bridgehead atoms. The van der Waals surface area contributed by atoms with Crippen LogP contribution in [0.3, 0.4) is 0 Å². The minimum Gasteiger partial charge on any atom is -0.550 e. The Bertz CT molecular complexity index is 846. The number of hydrogen-bond acceptors (Lipinski definition) is 5. The zero-order chi connectivity index (χ0) is 16.2. The number of ether oxygens (including phenoxy) is 1. The maximum atomic E-state index is 11.1. The Morgan fingerprint density at radius 2 is 2.09 bits per heavy atom. The number of aromatic nitrogens is 1. The van der Waals surface area contributed by atoms with E-state index in [0.29, 0.717) is 22.4 Å². The normalized spacial score (nSPS) is 11.6. The molecule has 2 aromatic carbocycles. The molecule has 1 heterocycles. The molecule has 3 aromatic rings. The van der Waals surface area contributed by atoms with E-state index in [1.54, 1.807) is 25.3 Å². The lowest BCUT2D eigenvalue weighted by molar-refractivity contribution is -0.304. The van der Waals surface area contributed by atoms with Gasteiger partial charge in [-0.15, -0.1) is 0 Å². The van der Waals surface area contributed by atoms with Crippen molar-refractivity contribution < 1.29 is 19.1 Å². The molecule has 0 atom stereocenters. The summed E-state index contributed by atoms with van der Waals surface area (Å²) in [4.78, 5) is 15.4. The van der Waals surface area contributed by atoms with Gasteiger partial charge >= 0.3 is 0 Å². The number of carboxylic acids is 1. The van der Waals surface area contributed by atoms with Crippen LogP contribution in [0.2, 0.25) is 0 Å². The molecular formula is C18H14NO4-. The van der Waals surface area contributed by atoms with E-state index >= 15 is 0 Å². The molecule has 0 saturated carbocycles. The van der Waals surface area contributed by atoms with Crippen LogP contribution in [0.1, 0.15) is 17.9 Å². The maximum Gasteiger partial charge on any atom is 0.223 e. The molecule has 0 fully saturated rings. The average Bonchev–Trinajstić information content (AvgIpc) is 2.98. The van der Waals surface area contributed by atoms with Crippen molar-refractivity contribution in [2.45, 2.75) is 6.42 Å². The molecule has 0 aliphatic rings. The molecule has 0 spiro atoms. The predicted molar refractivity (Wildman–Crippen MR) is 84.5 cm³/mol. The first-order chi connectivity index (χ1) is 11.2. The first kappa shape index (κ1) is 14.8. The van der Waals surface area contributed by atoms with Crippen LogP contribution in [0.4, 0.5) is 0 Å². The van der Waals surface area contributed by atoms with Gasteiger partial charge in [-0.2, -0.15) is 0 Å². The van der Waals surface area contributed by atoms with Crippen LogP contribution < -0.4 is 9.84 Å². The van der Waals surface area contributed by atoms with E-state index < -0.39 is 5.97 Å². The van der Waals surface area contributed by atoms with Crippen molar-refractivity contribution in [1.82, 2.24) is 4.98 Å². The van der Waals surface area contributed by atoms with Gasteiger partial charge < -0.3 is 19.1 Å². The Labute approximate surface area is 132 Å². The Kier molecular flexibility index (Phi) is 4.10. The first-order valence-electron chi connectivity index (χ1n) is 7.06. The van der Waals surface area contributed by atoms with Crippen LogP contribution in [0.5, 0.6) is 5.75 Å². The fraction of sp³-hybridized carbons (Fsp3) is 0.111. The molecule has 1 aromatic heterocycles. The number of methoxy groups -OCH3 is 1. The van der Waals surface area contributed by atoms with E-state index in [1.807, 2.05) is 36.4 Å². The lowest BCUT2D eigenvalue weighted by Gasteiger charge is -2.06. The predicted octanol–water partition coefficient (Wildman–Crippen LogP) is 2.52. The summed E-state index contributed by atoms with van der Waals surface area (Å²) < 4.78 is 10.8. The summed E-state index contributed by atoms with van der Waals surface area (Å²) in [7, 11) is 1.58. The highest BCUT2D eigenvalue weighted by atomic mass is 16.5. The smallest absolute Gasteiger partial charge is 0.223 e. The SMILES string of the molecule is COc1cccc(/C=C(\CC(=O)[O-])c2nc3ccccc3o2)c1. The summed E-state index contributed by atoms with van der Waals surface area (Å²) in [5, 5.41) is 11.1. The Hall–Kier alpha value is -3.08. The number of benzene rings is 2. The Morgan fingerprint density at radius 3 is 2.83 bits per heavy atom. The van der Waals surface area contributed by atoms with Crippen molar-refractivity contribution in [3.05, 3.63) is 60.0 Å². The zero-order valence-electron chi connectivity index (χ0n) is 12.5. The number of hydrogen-bond donors (Lipinski definition) is 0. The van der Waals surface area contributed by atoms with Crippen LogP contribution in [0.25, 0.3) is 22.7 Å². The van der Waals surface area contributed by atoms with Gasteiger partial charge in [0.05, 0.1) is 7.11 Å². The van der Waals surface area contributed by atoms with Crippen LogP contribution in [0, 0.1) is 0 Å². The second-order valence-corrected chi connectivity index (χ2v) is 4.98. The maximum absolute atomic E-state index is 11.1. The van der Waals surface area contributed by atoms with E-state index in [-0.39, 0.29) is 12.3 Å². The molecule has 0 radical (unpaired) electrons. The number of carbonyl (C=O) groups excluding carboxylic acids is 1. The average molecular weight is 308 g/mol. The summed E-state index contributed by atoms with van der Waals surface area (Å²) in [6.07, 6.45) is 1.42. The van der Waals surface area contributed by atoms with Gasteiger partial charge in [0, 0.05) is 18.0 Å². The topological polar surface area (TPSA) is 75.4 Å². The molecule has 5 nitrogen and oxygen atoms in total. The van der Waals surface area contributed by atoms with Crippen LogP contribution in [-0.4, -0.2) is 18.1 Å². The van der Waals surface area contributed by atoms with Crippen molar-refractivity contribution in [2.24, 2.45) is 0 Å². The number of fused-ring (bicyclic) bond motifs is 1. The number of nitrogens with zero attached hydrogens (tertiary/aromatic N) is 1. The molecule has 3 rings (SSSR count). The molecule has 116 valence electrons. The van der Waals surface area contributed by atoms with E-state index in [9.17, 15) is 9.90 Å². The molecule has 0 N–H and O–H groups in total. The molecule has 5 heteroatoms. The van der Waals surface area contributed by atoms with Crippen molar-refractivity contribution >= 4 is 28.7 Å². The van der Waals surface area contributed by atoms with Crippen LogP contribution in [0.15, 0.2) is 52.9 Å². The number of para-hydroxylation sites is 2. The lowest BCUT2D eigenvalue weighted by Crippen LogP contribution is -2.22. The summed E-state index contributed by atoms with van der Waals surface area (Å²) in [6, 6.07) is 14.6. The highest BCUT2D eigenvalue weighted by Crippen LogP contribution is 2.26. The number of aliphatic carboxylic acids is 1.